The van der Waals surface area contributed by atoms with E-state index in [1.54, 1.807) is 47.8 Å². The van der Waals surface area contributed by atoms with Crippen LogP contribution in [0.3, 0.4) is 0 Å². The molecule has 2 rings (SSSR count). The number of hydrogen-bond acceptors (Lipinski definition) is 9. The highest BCUT2D eigenvalue weighted by Crippen LogP contribution is 2.44. The van der Waals surface area contributed by atoms with Gasteiger partial charge in [0.1, 0.15) is 22.7 Å². The first-order chi connectivity index (χ1) is 10.6. The van der Waals surface area contributed by atoms with Crippen molar-refractivity contribution in [3.8, 4) is 0 Å². The van der Waals surface area contributed by atoms with E-state index < -0.39 is 20.1 Å². The lowest BCUT2D eigenvalue weighted by molar-refractivity contribution is -2.00. The third-order valence-electron chi connectivity index (χ3n) is 2.16. The van der Waals surface area contributed by atoms with Crippen molar-refractivity contribution < 1.29 is 37.3 Å². The van der Waals surface area contributed by atoms with Gasteiger partial charge in [0, 0.05) is 0 Å². The van der Waals surface area contributed by atoms with Gasteiger partial charge < -0.3 is 0 Å². The van der Waals surface area contributed by atoms with Gasteiger partial charge in [0.25, 0.3) is 9.84 Å². The minimum atomic E-state index is -4.94. The lowest BCUT2D eigenvalue weighted by atomic mass is 10.4. The molecular formula is C11H11ClO6S5. The maximum absolute atomic E-state index is 12.4. The Bertz CT molecular complexity index is 698. The predicted molar refractivity (Wildman–Crippen MR) is 82.1 cm³/mol. The van der Waals surface area contributed by atoms with Crippen LogP contribution in [0.15, 0.2) is 47.2 Å². The highest BCUT2D eigenvalue weighted by Gasteiger charge is 2.33. The quantitative estimate of drug-likeness (QED) is 0.470. The van der Waals surface area contributed by atoms with E-state index in [-0.39, 0.29) is 0 Å². The molecule has 0 aliphatic carbocycles. The SMILES string of the molecule is CSc1sc(S(=O)(=O)c2ccccc2)[s+]c1SC.[O-][Cl+3]([O-])([O-])[O-]. The molecule has 2 aromatic rings. The Balaban J connectivity index is 0.000000463. The second-order valence-corrected chi connectivity index (χ2v) is 11.2. The van der Waals surface area contributed by atoms with Crippen molar-refractivity contribution in [1.82, 2.24) is 0 Å². The molecule has 0 aliphatic heterocycles. The minimum absolute atomic E-state index is 0.364. The lowest BCUT2D eigenvalue weighted by Gasteiger charge is -2.17. The molecule has 6 nitrogen and oxygen atoms in total. The molecule has 1 heterocycles. The third-order valence-corrected chi connectivity index (χ3v) is 10.1. The first kappa shape index (κ1) is 21.1. The van der Waals surface area contributed by atoms with E-state index in [0.717, 1.165) is 8.42 Å². The summed E-state index contributed by atoms with van der Waals surface area (Å²) in [5, 5.41) is 0. The summed E-state index contributed by atoms with van der Waals surface area (Å²) < 4.78 is 61.4. The molecule has 0 fully saturated rings. The molecule has 0 unspecified atom stereocenters. The molecule has 0 bridgehead atoms. The summed E-state index contributed by atoms with van der Waals surface area (Å²) in [6.07, 6.45) is 3.94. The number of sulfone groups is 1. The van der Waals surface area contributed by atoms with Crippen LogP contribution in [0.2, 0.25) is 0 Å². The van der Waals surface area contributed by atoms with E-state index in [0.29, 0.717) is 8.42 Å². The van der Waals surface area contributed by atoms with Gasteiger partial charge in [-0.25, -0.2) is 27.1 Å². The van der Waals surface area contributed by atoms with E-state index in [9.17, 15) is 8.42 Å². The van der Waals surface area contributed by atoms with Gasteiger partial charge in [-0.2, -0.15) is 0 Å². The molecular weight excluding hydrogens is 424 g/mol. The second kappa shape index (κ2) is 8.94. The Morgan fingerprint density at radius 3 is 1.96 bits per heavy atom. The fourth-order valence-electron chi connectivity index (χ4n) is 1.31. The fraction of sp³-hybridized carbons (Fsp3) is 0.182. The highest BCUT2D eigenvalue weighted by molar-refractivity contribution is 8.05. The molecule has 0 radical (unpaired) electrons. The smallest absolute Gasteiger partial charge is 0.222 e. The average Bonchev–Trinajstić information content (AvgIpc) is 2.90. The summed E-state index contributed by atoms with van der Waals surface area (Å²) in [7, 11) is -8.29. The molecule has 23 heavy (non-hydrogen) atoms. The van der Waals surface area contributed by atoms with Crippen LogP contribution in [-0.2, 0) is 9.84 Å². The molecule has 0 aliphatic rings. The van der Waals surface area contributed by atoms with Crippen LogP contribution in [0.5, 0.6) is 0 Å². The van der Waals surface area contributed by atoms with Gasteiger partial charge in [-0.05, 0) is 24.6 Å². The molecule has 1 aromatic heterocycles. The normalized spacial score (nSPS) is 11.7. The monoisotopic (exact) mass is 434 g/mol. The highest BCUT2D eigenvalue weighted by atomic mass is 35.7. The van der Waals surface area contributed by atoms with E-state index in [1.807, 2.05) is 18.6 Å². The zero-order valence-electron chi connectivity index (χ0n) is 11.8. The summed E-state index contributed by atoms with van der Waals surface area (Å²) in [4.78, 5) is 0.364. The van der Waals surface area contributed by atoms with Crippen LogP contribution in [0, 0.1) is 10.2 Å². The first-order valence-electron chi connectivity index (χ1n) is 5.56. The van der Waals surface area contributed by atoms with E-state index in [1.165, 1.54) is 22.7 Å². The minimum Gasteiger partial charge on any atom is -0.222 e. The zero-order chi connectivity index (χ0) is 17.7. The van der Waals surface area contributed by atoms with Crippen molar-refractivity contribution in [2.75, 3.05) is 12.5 Å². The predicted octanol–water partition coefficient (Wildman–Crippen LogP) is -0.389. The molecule has 0 saturated heterocycles. The molecule has 0 spiro atoms. The Labute approximate surface area is 152 Å². The van der Waals surface area contributed by atoms with E-state index >= 15 is 0 Å². The Hall–Kier alpha value is 0.0500. The Kier molecular flexibility index (Phi) is 8.20. The molecule has 0 amide bonds. The second-order valence-electron chi connectivity index (χ2n) is 3.63. The van der Waals surface area contributed by atoms with Gasteiger partial charge in [-0.15, -0.1) is 10.2 Å². The Morgan fingerprint density at radius 2 is 1.57 bits per heavy atom. The van der Waals surface area contributed by atoms with Crippen molar-refractivity contribution in [2.24, 2.45) is 0 Å². The standard InChI is InChI=1S/C11H11O2S5.ClHO4/c1-14-9-10(15-2)17-11(16-9)18(12,13)8-6-4-3-5-7-8;2-1(3,4)5/h3-7H,1-2H3;(H,2,3,4,5)/q+1;/p-1. The number of halogens is 1. The van der Waals surface area contributed by atoms with Gasteiger partial charge in [-0.3, -0.25) is 0 Å². The zero-order valence-corrected chi connectivity index (χ0v) is 16.6. The number of hydrogen-bond donors (Lipinski definition) is 0. The van der Waals surface area contributed by atoms with Gasteiger partial charge >= 0.3 is 3.52 Å². The number of thioether (sulfide) groups is 2. The van der Waals surface area contributed by atoms with E-state index in [2.05, 4.69) is 0 Å². The van der Waals surface area contributed by atoms with Crippen molar-refractivity contribution >= 4 is 56.0 Å². The number of benzene rings is 1. The van der Waals surface area contributed by atoms with Crippen molar-refractivity contribution in [1.29, 1.82) is 0 Å². The molecule has 0 atom stereocenters. The van der Waals surface area contributed by atoms with E-state index in [4.69, 9.17) is 18.6 Å². The van der Waals surface area contributed by atoms with Gasteiger partial charge in [-0.1, -0.05) is 41.7 Å². The largest absolute Gasteiger partial charge is 0.375 e. The van der Waals surface area contributed by atoms with Crippen molar-refractivity contribution in [3.63, 3.8) is 0 Å². The van der Waals surface area contributed by atoms with Crippen LogP contribution < -0.4 is 18.6 Å². The van der Waals surface area contributed by atoms with Gasteiger partial charge in [0.15, 0.2) is 0 Å². The summed E-state index contributed by atoms with van der Waals surface area (Å²) in [5.74, 6) is 0. The fourth-order valence-corrected chi connectivity index (χ4v) is 8.74. The Morgan fingerprint density at radius 1 is 1.04 bits per heavy atom. The maximum atomic E-state index is 12.4. The van der Waals surface area contributed by atoms with Crippen molar-refractivity contribution in [2.45, 2.75) is 16.8 Å². The molecule has 0 saturated carbocycles. The first-order valence-corrected chi connectivity index (χ1v) is 12.4. The summed E-state index contributed by atoms with van der Waals surface area (Å²) in [6.45, 7) is 0. The molecule has 12 heteroatoms. The van der Waals surface area contributed by atoms with Crippen LogP contribution in [-0.4, -0.2) is 20.9 Å². The summed E-state index contributed by atoms with van der Waals surface area (Å²) >= 11 is 5.91. The topological polar surface area (TPSA) is 126 Å². The number of rotatable bonds is 4. The van der Waals surface area contributed by atoms with Crippen LogP contribution >= 0.6 is 46.2 Å². The third kappa shape index (κ3) is 6.82. The van der Waals surface area contributed by atoms with Crippen LogP contribution in [0.4, 0.5) is 0 Å². The molecule has 1 aromatic carbocycles. The maximum Gasteiger partial charge on any atom is 0.375 e. The molecule has 0 N–H and O–H groups in total. The van der Waals surface area contributed by atoms with Gasteiger partial charge in [0.05, 0.1) is 4.90 Å². The lowest BCUT2D eigenvalue weighted by Crippen LogP contribution is -2.68. The molecule has 128 valence electrons. The summed E-state index contributed by atoms with van der Waals surface area (Å²) in [5.41, 5.74) is 0. The van der Waals surface area contributed by atoms with Crippen LogP contribution in [0.25, 0.3) is 0 Å². The summed E-state index contributed by atoms with van der Waals surface area (Å²) in [6, 6.07) is 8.59. The average molecular weight is 435 g/mol. The van der Waals surface area contributed by atoms with Crippen molar-refractivity contribution in [3.05, 3.63) is 30.3 Å². The van der Waals surface area contributed by atoms with Gasteiger partial charge in [0.2, 0.25) is 8.42 Å². The van der Waals surface area contributed by atoms with Crippen LogP contribution in [0.1, 0.15) is 0 Å².